The van der Waals surface area contributed by atoms with Crippen LogP contribution in [0.25, 0.3) is 11.0 Å². The van der Waals surface area contributed by atoms with Crippen molar-refractivity contribution in [2.24, 2.45) is 0 Å². The van der Waals surface area contributed by atoms with Gasteiger partial charge in [-0.15, -0.1) is 0 Å². The maximum atomic E-state index is 14.1. The first kappa shape index (κ1) is 23.8. The Balaban J connectivity index is 1.55. The summed E-state index contributed by atoms with van der Waals surface area (Å²) in [6.07, 6.45) is 4.28. The van der Waals surface area contributed by atoms with E-state index in [4.69, 9.17) is 19.8 Å². The molecule has 2 fully saturated rings. The van der Waals surface area contributed by atoms with Gasteiger partial charge in [0, 0.05) is 50.1 Å². The van der Waals surface area contributed by atoms with Crippen molar-refractivity contribution in [3.63, 3.8) is 0 Å². The van der Waals surface area contributed by atoms with Crippen LogP contribution in [-0.2, 0) is 11.3 Å². The summed E-state index contributed by atoms with van der Waals surface area (Å²) in [5.74, 6) is -0.337. The van der Waals surface area contributed by atoms with Gasteiger partial charge in [0.1, 0.15) is 17.5 Å². The van der Waals surface area contributed by atoms with Crippen molar-refractivity contribution in [2.45, 2.75) is 31.8 Å². The van der Waals surface area contributed by atoms with Gasteiger partial charge in [-0.05, 0) is 49.6 Å². The van der Waals surface area contributed by atoms with Crippen molar-refractivity contribution < 1.29 is 18.6 Å². The Morgan fingerprint density at radius 2 is 1.86 bits per heavy atom. The Kier molecular flexibility index (Phi) is 7.36. The van der Waals surface area contributed by atoms with Crippen LogP contribution < -0.4 is 15.1 Å². The molecular weight excluding hydrogens is 452 g/mol. The molecule has 3 heterocycles. The zero-order chi connectivity index (χ0) is 24.2. The Labute approximate surface area is 203 Å². The van der Waals surface area contributed by atoms with E-state index >= 15 is 0 Å². The molecule has 2 aromatic carbocycles. The molecule has 0 amide bonds. The maximum absolute atomic E-state index is 14.1. The van der Waals surface area contributed by atoms with Gasteiger partial charge in [0.15, 0.2) is 0 Å². The molecule has 9 heteroatoms. The van der Waals surface area contributed by atoms with Gasteiger partial charge in [-0.25, -0.2) is 13.8 Å². The molecule has 0 spiro atoms. The third-order valence-electron chi connectivity index (χ3n) is 6.69. The fourth-order valence-electron chi connectivity index (χ4n) is 5.03. The van der Waals surface area contributed by atoms with Gasteiger partial charge < -0.3 is 25.0 Å². The van der Waals surface area contributed by atoms with E-state index in [1.807, 2.05) is 12.3 Å². The molecule has 7 nitrogen and oxygen atoms in total. The number of halogens is 2. The van der Waals surface area contributed by atoms with Crippen LogP contribution in [0.15, 0.2) is 36.5 Å². The Morgan fingerprint density at radius 1 is 1.06 bits per heavy atom. The van der Waals surface area contributed by atoms with Crippen molar-refractivity contribution in [2.75, 3.05) is 55.8 Å². The van der Waals surface area contributed by atoms with Crippen LogP contribution in [0.2, 0.25) is 0 Å². The van der Waals surface area contributed by atoms with Crippen LogP contribution in [0.5, 0.6) is 0 Å². The van der Waals surface area contributed by atoms with Crippen LogP contribution >= 0.6 is 0 Å². The summed E-state index contributed by atoms with van der Waals surface area (Å²) in [6.45, 7) is 5.05. The number of nitrogens with zero attached hydrogens (tertiary/aromatic N) is 4. The number of fused-ring (bicyclic) bond motifs is 1. The van der Waals surface area contributed by atoms with Gasteiger partial charge in [0.25, 0.3) is 0 Å². The van der Waals surface area contributed by atoms with Crippen molar-refractivity contribution >= 4 is 22.5 Å². The molecule has 186 valence electrons. The Hall–Kier alpha value is -2.88. The zero-order valence-electron chi connectivity index (χ0n) is 19.7. The maximum Gasteiger partial charge on any atom is 0.148 e. The smallest absolute Gasteiger partial charge is 0.148 e. The number of hydrogen-bond acceptors (Lipinski definition) is 7. The van der Waals surface area contributed by atoms with E-state index in [9.17, 15) is 8.78 Å². The summed E-state index contributed by atoms with van der Waals surface area (Å²) in [7, 11) is 0. The quantitative estimate of drug-likeness (QED) is 0.475. The molecule has 2 aliphatic heterocycles. The van der Waals surface area contributed by atoms with Crippen LogP contribution in [0, 0.1) is 11.6 Å². The molecule has 2 saturated heterocycles. The number of aliphatic hydroxyl groups excluding tert-OH is 1. The SMILES string of the molecule is OCCCNCc1cc(C2CCCN2c2cc(F)cc(F)c2)c2nc(N3CCOCC3)cnc2c1. The lowest BCUT2D eigenvalue weighted by atomic mass is 9.98. The van der Waals surface area contributed by atoms with Crippen molar-refractivity contribution in [1.29, 1.82) is 0 Å². The fraction of sp³-hybridized carbons (Fsp3) is 0.462. The largest absolute Gasteiger partial charge is 0.396 e. The van der Waals surface area contributed by atoms with E-state index in [-0.39, 0.29) is 12.6 Å². The highest BCUT2D eigenvalue weighted by molar-refractivity contribution is 5.81. The monoisotopic (exact) mass is 483 g/mol. The van der Waals surface area contributed by atoms with Crippen LogP contribution in [-0.4, -0.2) is 61.1 Å². The number of anilines is 2. The molecule has 35 heavy (non-hydrogen) atoms. The average molecular weight is 484 g/mol. The third kappa shape index (κ3) is 5.37. The van der Waals surface area contributed by atoms with Crippen molar-refractivity contribution in [3.05, 3.63) is 59.3 Å². The van der Waals surface area contributed by atoms with E-state index in [0.717, 1.165) is 60.0 Å². The highest BCUT2D eigenvalue weighted by Crippen LogP contribution is 2.39. The van der Waals surface area contributed by atoms with Gasteiger partial charge in [-0.2, -0.15) is 0 Å². The van der Waals surface area contributed by atoms with Crippen molar-refractivity contribution in [1.82, 2.24) is 15.3 Å². The summed E-state index contributed by atoms with van der Waals surface area (Å²) in [4.78, 5) is 14.1. The highest BCUT2D eigenvalue weighted by atomic mass is 19.1. The third-order valence-corrected chi connectivity index (χ3v) is 6.69. The molecule has 0 bridgehead atoms. The number of nitrogens with one attached hydrogen (secondary N) is 1. The Bertz CT molecular complexity index is 1150. The summed E-state index contributed by atoms with van der Waals surface area (Å²) >= 11 is 0. The van der Waals surface area contributed by atoms with E-state index in [0.29, 0.717) is 45.0 Å². The molecule has 2 aliphatic rings. The first-order valence-corrected chi connectivity index (χ1v) is 12.3. The van der Waals surface area contributed by atoms with Gasteiger partial charge in [-0.1, -0.05) is 6.07 Å². The molecule has 5 rings (SSSR count). The summed E-state index contributed by atoms with van der Waals surface area (Å²) < 4.78 is 33.6. The summed E-state index contributed by atoms with van der Waals surface area (Å²) in [5.41, 5.74) is 4.25. The number of ether oxygens (including phenoxy) is 1. The predicted molar refractivity (Wildman–Crippen MR) is 132 cm³/mol. The zero-order valence-corrected chi connectivity index (χ0v) is 19.7. The summed E-state index contributed by atoms with van der Waals surface area (Å²) in [5, 5.41) is 12.4. The van der Waals surface area contributed by atoms with Crippen LogP contribution in [0.3, 0.4) is 0 Å². The average Bonchev–Trinajstić information content (AvgIpc) is 3.36. The van der Waals surface area contributed by atoms with E-state index in [1.54, 1.807) is 0 Å². The fourth-order valence-corrected chi connectivity index (χ4v) is 5.03. The number of aromatic nitrogens is 2. The first-order valence-electron chi connectivity index (χ1n) is 12.3. The molecule has 2 N–H and O–H groups in total. The second-order valence-corrected chi connectivity index (χ2v) is 9.11. The number of aliphatic hydroxyl groups is 1. The molecular formula is C26H31F2N5O2. The normalized spacial score (nSPS) is 18.5. The van der Waals surface area contributed by atoms with Crippen LogP contribution in [0.4, 0.5) is 20.3 Å². The van der Waals surface area contributed by atoms with Gasteiger partial charge >= 0.3 is 0 Å². The second kappa shape index (κ2) is 10.8. The first-order chi connectivity index (χ1) is 17.1. The number of hydrogen-bond donors (Lipinski definition) is 2. The van der Waals surface area contributed by atoms with Gasteiger partial charge in [-0.3, -0.25) is 4.98 Å². The topological polar surface area (TPSA) is 73.8 Å². The Morgan fingerprint density at radius 3 is 2.63 bits per heavy atom. The minimum absolute atomic E-state index is 0.0645. The highest BCUT2D eigenvalue weighted by Gasteiger charge is 2.30. The molecule has 0 radical (unpaired) electrons. The predicted octanol–water partition coefficient (Wildman–Crippen LogP) is 3.56. The number of morpholine rings is 1. The van der Waals surface area contributed by atoms with E-state index < -0.39 is 11.6 Å². The second-order valence-electron chi connectivity index (χ2n) is 9.11. The molecule has 3 aromatic rings. The lowest BCUT2D eigenvalue weighted by Gasteiger charge is -2.30. The summed E-state index contributed by atoms with van der Waals surface area (Å²) in [6, 6.07) is 7.82. The molecule has 1 atom stereocenters. The van der Waals surface area contributed by atoms with Gasteiger partial charge in [0.2, 0.25) is 0 Å². The molecule has 1 unspecified atom stereocenters. The molecule has 0 aliphatic carbocycles. The number of benzene rings is 2. The van der Waals surface area contributed by atoms with Gasteiger partial charge in [0.05, 0.1) is 36.5 Å². The minimum atomic E-state index is -0.577. The lowest BCUT2D eigenvalue weighted by Crippen LogP contribution is -2.36. The van der Waals surface area contributed by atoms with Crippen molar-refractivity contribution in [3.8, 4) is 0 Å². The van der Waals surface area contributed by atoms with E-state index in [2.05, 4.69) is 21.2 Å². The van der Waals surface area contributed by atoms with E-state index in [1.165, 1.54) is 12.1 Å². The number of rotatable bonds is 8. The minimum Gasteiger partial charge on any atom is -0.396 e. The molecule has 0 saturated carbocycles. The lowest BCUT2D eigenvalue weighted by molar-refractivity contribution is 0.122. The standard InChI is InChI=1S/C26H31F2N5O2/c27-19-13-20(28)15-21(14-19)33-5-1-3-24(33)22-11-18(16-29-4-2-8-34)12-23-26(22)31-25(17-30-23)32-6-9-35-10-7-32/h11-15,17,24,29,34H,1-10,16H2. The molecule has 1 aromatic heterocycles. The van der Waals surface area contributed by atoms with Crippen LogP contribution in [0.1, 0.15) is 36.4 Å².